The van der Waals surface area contributed by atoms with Gasteiger partial charge in [-0.25, -0.2) is 4.79 Å². The van der Waals surface area contributed by atoms with Crippen molar-refractivity contribution in [3.63, 3.8) is 0 Å². The van der Waals surface area contributed by atoms with Gasteiger partial charge in [0.25, 0.3) is 5.91 Å². The second kappa shape index (κ2) is 5.40. The third-order valence-electron chi connectivity index (χ3n) is 1.77. The van der Waals surface area contributed by atoms with Crippen LogP contribution in [0.2, 0.25) is 0 Å². The molecule has 0 saturated carbocycles. The van der Waals surface area contributed by atoms with Crippen molar-refractivity contribution >= 4 is 23.4 Å². The molecule has 6 nitrogen and oxygen atoms in total. The zero-order valence-corrected chi connectivity index (χ0v) is 8.95. The van der Waals surface area contributed by atoms with Gasteiger partial charge in [0.1, 0.15) is 6.04 Å². The quantitative estimate of drug-likeness (QED) is 0.768. The van der Waals surface area contributed by atoms with Gasteiger partial charge in [-0.3, -0.25) is 4.79 Å². The van der Waals surface area contributed by atoms with Gasteiger partial charge in [0.2, 0.25) is 0 Å². The molecule has 0 aliphatic carbocycles. The summed E-state index contributed by atoms with van der Waals surface area (Å²) in [6.45, 7) is 1.85. The SMILES string of the molecule is CCC[C@H](NC(=O)c1csnn1)C(=O)O. The molecule has 0 radical (unpaired) electrons. The summed E-state index contributed by atoms with van der Waals surface area (Å²) >= 11 is 1.05. The number of aromatic nitrogens is 2. The molecule has 0 aromatic carbocycles. The Balaban J connectivity index is 2.59. The van der Waals surface area contributed by atoms with Gasteiger partial charge >= 0.3 is 5.97 Å². The van der Waals surface area contributed by atoms with Crippen molar-refractivity contribution in [2.45, 2.75) is 25.8 Å². The Hall–Kier alpha value is -1.50. The van der Waals surface area contributed by atoms with E-state index in [1.807, 2.05) is 6.92 Å². The van der Waals surface area contributed by atoms with Crippen LogP contribution in [0.15, 0.2) is 5.38 Å². The zero-order valence-electron chi connectivity index (χ0n) is 8.14. The molecule has 82 valence electrons. The molecule has 2 N–H and O–H groups in total. The molecule has 0 bridgehead atoms. The molecular formula is C8H11N3O3S. The Labute approximate surface area is 90.5 Å². The number of nitrogens with one attached hydrogen (secondary N) is 1. The van der Waals surface area contributed by atoms with Gasteiger partial charge in [-0.05, 0) is 18.0 Å². The molecular weight excluding hydrogens is 218 g/mol. The maximum Gasteiger partial charge on any atom is 0.326 e. The Kier molecular flexibility index (Phi) is 4.17. The molecule has 1 aromatic rings. The lowest BCUT2D eigenvalue weighted by molar-refractivity contribution is -0.139. The van der Waals surface area contributed by atoms with E-state index in [1.165, 1.54) is 5.38 Å². The minimum absolute atomic E-state index is 0.155. The van der Waals surface area contributed by atoms with Gasteiger partial charge in [-0.15, -0.1) is 5.10 Å². The number of carboxylic acids is 1. The van der Waals surface area contributed by atoms with Crippen molar-refractivity contribution in [3.8, 4) is 0 Å². The molecule has 0 aliphatic rings. The Morgan fingerprint density at radius 3 is 2.87 bits per heavy atom. The predicted molar refractivity (Wildman–Crippen MR) is 53.7 cm³/mol. The van der Waals surface area contributed by atoms with Crippen LogP contribution in [0.1, 0.15) is 30.3 Å². The fraction of sp³-hybridized carbons (Fsp3) is 0.500. The third kappa shape index (κ3) is 3.28. The van der Waals surface area contributed by atoms with Gasteiger partial charge in [-0.2, -0.15) is 0 Å². The predicted octanol–water partition coefficient (Wildman–Crippen LogP) is 0.521. The fourth-order valence-electron chi connectivity index (χ4n) is 1.04. The number of aliphatic carboxylic acids is 1. The number of rotatable bonds is 5. The first-order valence-electron chi connectivity index (χ1n) is 4.46. The number of carboxylic acid groups (broad SMARTS) is 1. The molecule has 1 atom stereocenters. The summed E-state index contributed by atoms with van der Waals surface area (Å²) in [6, 6.07) is -0.857. The van der Waals surface area contributed by atoms with Crippen LogP contribution in [0.5, 0.6) is 0 Å². The van der Waals surface area contributed by atoms with Crippen LogP contribution in [0.3, 0.4) is 0 Å². The molecule has 15 heavy (non-hydrogen) atoms. The first-order valence-corrected chi connectivity index (χ1v) is 5.29. The van der Waals surface area contributed by atoms with Gasteiger partial charge in [0.05, 0.1) is 0 Å². The molecule has 1 amide bonds. The summed E-state index contributed by atoms with van der Waals surface area (Å²) in [5.74, 6) is -1.53. The Bertz CT molecular complexity index is 339. The van der Waals surface area contributed by atoms with E-state index < -0.39 is 17.9 Å². The highest BCUT2D eigenvalue weighted by Crippen LogP contribution is 2.01. The van der Waals surface area contributed by atoms with Crippen LogP contribution in [-0.4, -0.2) is 32.6 Å². The molecule has 0 unspecified atom stereocenters. The van der Waals surface area contributed by atoms with Crippen LogP contribution in [0.25, 0.3) is 0 Å². The normalized spacial score (nSPS) is 12.1. The summed E-state index contributed by atoms with van der Waals surface area (Å²) < 4.78 is 3.52. The first-order chi connectivity index (χ1) is 7.15. The largest absolute Gasteiger partial charge is 0.480 e. The van der Waals surface area contributed by atoms with Crippen LogP contribution in [0, 0.1) is 0 Å². The van der Waals surface area contributed by atoms with Crippen LogP contribution < -0.4 is 5.32 Å². The maximum absolute atomic E-state index is 11.4. The lowest BCUT2D eigenvalue weighted by Gasteiger charge is -2.11. The van der Waals surface area contributed by atoms with Crippen molar-refractivity contribution in [1.29, 1.82) is 0 Å². The first kappa shape index (κ1) is 11.6. The average molecular weight is 229 g/mol. The fourth-order valence-corrected chi connectivity index (χ4v) is 1.48. The molecule has 0 spiro atoms. The molecule has 0 saturated heterocycles. The summed E-state index contributed by atoms with van der Waals surface area (Å²) in [7, 11) is 0. The molecule has 7 heteroatoms. The molecule has 1 heterocycles. The van der Waals surface area contributed by atoms with Gasteiger partial charge in [0, 0.05) is 5.38 Å². The Morgan fingerprint density at radius 1 is 1.67 bits per heavy atom. The van der Waals surface area contributed by atoms with E-state index in [4.69, 9.17) is 5.11 Å². The molecule has 1 aromatic heterocycles. The van der Waals surface area contributed by atoms with Crippen LogP contribution in [-0.2, 0) is 4.79 Å². The zero-order chi connectivity index (χ0) is 11.3. The smallest absolute Gasteiger partial charge is 0.326 e. The van der Waals surface area contributed by atoms with Crippen molar-refractivity contribution < 1.29 is 14.7 Å². The van der Waals surface area contributed by atoms with Gasteiger partial charge in [0.15, 0.2) is 5.69 Å². The topological polar surface area (TPSA) is 92.2 Å². The molecule has 1 rings (SSSR count). The van der Waals surface area contributed by atoms with Crippen molar-refractivity contribution in [2.24, 2.45) is 0 Å². The van der Waals surface area contributed by atoms with E-state index in [9.17, 15) is 9.59 Å². The second-order valence-electron chi connectivity index (χ2n) is 2.94. The third-order valence-corrected chi connectivity index (χ3v) is 2.28. The second-order valence-corrected chi connectivity index (χ2v) is 3.55. The maximum atomic E-state index is 11.4. The molecule has 0 fully saturated rings. The monoisotopic (exact) mass is 229 g/mol. The van der Waals surface area contributed by atoms with E-state index in [2.05, 4.69) is 14.9 Å². The minimum Gasteiger partial charge on any atom is -0.480 e. The highest BCUT2D eigenvalue weighted by Gasteiger charge is 2.20. The van der Waals surface area contributed by atoms with E-state index in [-0.39, 0.29) is 5.69 Å². The Morgan fingerprint density at radius 2 is 2.40 bits per heavy atom. The number of carbonyl (C=O) groups is 2. The molecule has 0 aliphatic heterocycles. The number of amides is 1. The number of hydrogen-bond acceptors (Lipinski definition) is 5. The van der Waals surface area contributed by atoms with E-state index >= 15 is 0 Å². The van der Waals surface area contributed by atoms with E-state index in [1.54, 1.807) is 0 Å². The lowest BCUT2D eigenvalue weighted by Crippen LogP contribution is -2.40. The standard InChI is InChI=1S/C8H11N3O3S/c1-2-3-5(8(13)14)9-7(12)6-4-15-11-10-6/h4-5H,2-3H2,1H3,(H,9,12)(H,13,14)/t5-/m0/s1. The summed E-state index contributed by atoms with van der Waals surface area (Å²) in [6.07, 6.45) is 1.09. The highest BCUT2D eigenvalue weighted by atomic mass is 32.1. The summed E-state index contributed by atoms with van der Waals surface area (Å²) in [5, 5.41) is 16.2. The number of nitrogens with zero attached hydrogens (tertiary/aromatic N) is 2. The number of carbonyl (C=O) groups excluding carboxylic acids is 1. The highest BCUT2D eigenvalue weighted by molar-refractivity contribution is 7.03. The average Bonchev–Trinajstić information content (AvgIpc) is 2.69. The van der Waals surface area contributed by atoms with Crippen LogP contribution >= 0.6 is 11.5 Å². The summed E-state index contributed by atoms with van der Waals surface area (Å²) in [5.41, 5.74) is 0.155. The van der Waals surface area contributed by atoms with Crippen molar-refractivity contribution in [1.82, 2.24) is 14.9 Å². The van der Waals surface area contributed by atoms with Gasteiger partial charge in [-0.1, -0.05) is 17.8 Å². The number of hydrogen-bond donors (Lipinski definition) is 2. The van der Waals surface area contributed by atoms with E-state index in [0.717, 1.165) is 11.5 Å². The van der Waals surface area contributed by atoms with Crippen molar-refractivity contribution in [2.75, 3.05) is 0 Å². The van der Waals surface area contributed by atoms with Crippen LogP contribution in [0.4, 0.5) is 0 Å². The van der Waals surface area contributed by atoms with Gasteiger partial charge < -0.3 is 10.4 Å². The summed E-state index contributed by atoms with van der Waals surface area (Å²) in [4.78, 5) is 22.2. The minimum atomic E-state index is -1.03. The lowest BCUT2D eigenvalue weighted by atomic mass is 10.1. The van der Waals surface area contributed by atoms with Crippen molar-refractivity contribution in [3.05, 3.63) is 11.1 Å². The van der Waals surface area contributed by atoms with E-state index in [0.29, 0.717) is 12.8 Å².